The molecule has 1 aliphatic rings. The second kappa shape index (κ2) is 14.4. The summed E-state index contributed by atoms with van der Waals surface area (Å²) in [6.45, 7) is 3.45. The second-order valence-corrected chi connectivity index (χ2v) is 12.7. The van der Waals surface area contributed by atoms with Crippen LogP contribution in [0.5, 0.6) is 5.75 Å². The Balaban J connectivity index is 1.70. The fourth-order valence-corrected chi connectivity index (χ4v) is 6.83. The number of hydrogen-bond acceptors (Lipinski definition) is 5. The summed E-state index contributed by atoms with van der Waals surface area (Å²) in [6.07, 6.45) is 5.51. The molecule has 42 heavy (non-hydrogen) atoms. The molecule has 3 aromatic carbocycles. The van der Waals surface area contributed by atoms with Gasteiger partial charge in [-0.25, -0.2) is 8.42 Å². The number of ether oxygens (including phenoxy) is 1. The van der Waals surface area contributed by atoms with Gasteiger partial charge < -0.3 is 15.0 Å². The summed E-state index contributed by atoms with van der Waals surface area (Å²) in [5.41, 5.74) is 2.12. The molecule has 8 nitrogen and oxygen atoms in total. The fraction of sp³-hybridized carbons (Fsp3) is 0.394. The molecule has 224 valence electrons. The van der Waals surface area contributed by atoms with E-state index in [4.69, 9.17) is 4.74 Å². The zero-order chi connectivity index (χ0) is 30.1. The van der Waals surface area contributed by atoms with Gasteiger partial charge in [-0.05, 0) is 68.1 Å². The van der Waals surface area contributed by atoms with Gasteiger partial charge in [0.15, 0.2) is 0 Å². The van der Waals surface area contributed by atoms with E-state index in [-0.39, 0.29) is 23.4 Å². The van der Waals surface area contributed by atoms with Gasteiger partial charge in [-0.2, -0.15) is 0 Å². The number of sulfonamides is 1. The van der Waals surface area contributed by atoms with Crippen LogP contribution in [0.15, 0.2) is 83.8 Å². The summed E-state index contributed by atoms with van der Waals surface area (Å²) < 4.78 is 34.3. The minimum atomic E-state index is -4.09. The molecule has 0 aliphatic heterocycles. The van der Waals surface area contributed by atoms with Gasteiger partial charge in [0.25, 0.3) is 10.0 Å². The van der Waals surface area contributed by atoms with Gasteiger partial charge in [0, 0.05) is 12.6 Å². The number of rotatable bonds is 12. The highest BCUT2D eigenvalue weighted by atomic mass is 32.2. The Morgan fingerprint density at radius 3 is 2.29 bits per heavy atom. The average Bonchev–Trinajstić information content (AvgIpc) is 3.01. The molecule has 0 aromatic heterocycles. The maximum atomic E-state index is 14.2. The molecule has 1 aliphatic carbocycles. The van der Waals surface area contributed by atoms with Crippen molar-refractivity contribution in [3.05, 3.63) is 90.0 Å². The van der Waals surface area contributed by atoms with Crippen LogP contribution in [-0.4, -0.2) is 50.9 Å². The van der Waals surface area contributed by atoms with E-state index in [1.54, 1.807) is 37.4 Å². The number of aryl methyl sites for hydroxylation is 1. The van der Waals surface area contributed by atoms with Crippen LogP contribution in [0.2, 0.25) is 0 Å². The molecule has 0 bridgehead atoms. The quantitative estimate of drug-likeness (QED) is 0.302. The summed E-state index contributed by atoms with van der Waals surface area (Å²) in [4.78, 5) is 29.5. The zero-order valence-corrected chi connectivity index (χ0v) is 25.5. The molecule has 9 heteroatoms. The van der Waals surface area contributed by atoms with Gasteiger partial charge >= 0.3 is 0 Å². The Labute approximate surface area is 249 Å². The largest absolute Gasteiger partial charge is 0.497 e. The molecule has 1 atom stereocenters. The van der Waals surface area contributed by atoms with Crippen LogP contribution >= 0.6 is 0 Å². The molecule has 1 fully saturated rings. The first-order valence-corrected chi connectivity index (χ1v) is 16.0. The number of methoxy groups -OCH3 is 1. The molecule has 0 radical (unpaired) electrons. The summed E-state index contributed by atoms with van der Waals surface area (Å²) in [7, 11) is -2.52. The van der Waals surface area contributed by atoms with Crippen LogP contribution in [0, 0.1) is 6.92 Å². The molecule has 1 saturated carbocycles. The topological polar surface area (TPSA) is 96.0 Å². The number of carbonyl (C=O) groups excluding carboxylic acids is 2. The van der Waals surface area contributed by atoms with E-state index >= 15 is 0 Å². The summed E-state index contributed by atoms with van der Waals surface area (Å²) in [6, 6.07) is 21.7. The van der Waals surface area contributed by atoms with Crippen molar-refractivity contribution in [2.75, 3.05) is 18.0 Å². The van der Waals surface area contributed by atoms with E-state index in [9.17, 15) is 18.0 Å². The Morgan fingerprint density at radius 1 is 0.952 bits per heavy atom. The van der Waals surface area contributed by atoms with Crippen molar-refractivity contribution in [3.8, 4) is 5.75 Å². The zero-order valence-electron chi connectivity index (χ0n) is 24.7. The van der Waals surface area contributed by atoms with Crippen molar-refractivity contribution in [3.63, 3.8) is 0 Å². The van der Waals surface area contributed by atoms with Crippen molar-refractivity contribution in [1.29, 1.82) is 0 Å². The van der Waals surface area contributed by atoms with Gasteiger partial charge in [0.1, 0.15) is 18.3 Å². The monoisotopic (exact) mass is 591 g/mol. The summed E-state index contributed by atoms with van der Waals surface area (Å²) in [5, 5.41) is 3.17. The van der Waals surface area contributed by atoms with E-state index in [0.717, 1.165) is 47.5 Å². The predicted octanol–water partition coefficient (Wildman–Crippen LogP) is 5.46. The first-order valence-electron chi connectivity index (χ1n) is 14.6. The van der Waals surface area contributed by atoms with E-state index < -0.39 is 28.5 Å². The number of amides is 2. The van der Waals surface area contributed by atoms with Gasteiger partial charge in [0.2, 0.25) is 11.8 Å². The van der Waals surface area contributed by atoms with Crippen LogP contribution in [-0.2, 0) is 26.2 Å². The SMILES string of the molecule is CC[C@H](C(=O)NC1CCCCC1)N(Cc1cccc(OC)c1)C(=O)CN(c1ccc(C)cc1)S(=O)(=O)c1ccccc1. The van der Waals surface area contributed by atoms with Crippen molar-refractivity contribution in [2.24, 2.45) is 0 Å². The minimum absolute atomic E-state index is 0.0802. The van der Waals surface area contributed by atoms with Crippen LogP contribution in [0.4, 0.5) is 5.69 Å². The molecule has 2 amide bonds. The number of nitrogens with zero attached hydrogens (tertiary/aromatic N) is 2. The molecule has 4 rings (SSSR count). The maximum absolute atomic E-state index is 14.2. The van der Waals surface area contributed by atoms with Crippen LogP contribution in [0.25, 0.3) is 0 Å². The third-order valence-electron chi connectivity index (χ3n) is 7.76. The highest BCUT2D eigenvalue weighted by Crippen LogP contribution is 2.26. The Hall–Kier alpha value is -3.85. The minimum Gasteiger partial charge on any atom is -0.497 e. The lowest BCUT2D eigenvalue weighted by molar-refractivity contribution is -0.140. The van der Waals surface area contributed by atoms with Crippen LogP contribution in [0.1, 0.15) is 56.6 Å². The first kappa shape index (κ1) is 31.1. The first-order chi connectivity index (χ1) is 20.2. The number of carbonyl (C=O) groups is 2. The molecular weight excluding hydrogens is 550 g/mol. The van der Waals surface area contributed by atoms with Crippen molar-refractivity contribution < 1.29 is 22.7 Å². The molecule has 0 heterocycles. The molecule has 0 saturated heterocycles. The number of nitrogens with one attached hydrogen (secondary N) is 1. The van der Waals surface area contributed by atoms with Crippen molar-refractivity contribution >= 4 is 27.5 Å². The third kappa shape index (κ3) is 7.70. The molecule has 1 N–H and O–H groups in total. The predicted molar refractivity (Wildman–Crippen MR) is 165 cm³/mol. The molecule has 0 unspecified atom stereocenters. The average molecular weight is 592 g/mol. The summed E-state index contributed by atoms with van der Waals surface area (Å²) >= 11 is 0. The van der Waals surface area contributed by atoms with E-state index in [0.29, 0.717) is 17.9 Å². The smallest absolute Gasteiger partial charge is 0.264 e. The lowest BCUT2D eigenvalue weighted by Gasteiger charge is -2.34. The highest BCUT2D eigenvalue weighted by molar-refractivity contribution is 7.92. The standard InChI is InChI=1S/C33H41N3O5S/c1-4-31(33(38)34-27-13-7-5-8-14-27)35(23-26-12-11-15-29(22-26)41-3)32(37)24-36(28-20-18-25(2)19-21-28)42(39,40)30-16-9-6-10-17-30/h6,9-12,15-22,27,31H,4-5,7-8,13-14,23-24H2,1-3H3,(H,34,38)/t31-/m1/s1. The third-order valence-corrected chi connectivity index (χ3v) is 9.54. The van der Waals surface area contributed by atoms with Gasteiger partial charge in [0.05, 0.1) is 17.7 Å². The normalized spacial score (nSPS) is 14.5. The Bertz CT molecular complexity index is 1440. The number of benzene rings is 3. The van der Waals surface area contributed by atoms with E-state index in [2.05, 4.69) is 5.32 Å². The Kier molecular flexibility index (Phi) is 10.6. The van der Waals surface area contributed by atoms with Crippen molar-refractivity contribution in [2.45, 2.75) is 75.9 Å². The van der Waals surface area contributed by atoms with E-state index in [1.165, 1.54) is 17.0 Å². The van der Waals surface area contributed by atoms with Gasteiger partial charge in [-0.15, -0.1) is 0 Å². The van der Waals surface area contributed by atoms with Gasteiger partial charge in [-0.1, -0.05) is 74.2 Å². The highest BCUT2D eigenvalue weighted by Gasteiger charge is 2.34. The summed E-state index contributed by atoms with van der Waals surface area (Å²) in [5.74, 6) is -0.0514. The van der Waals surface area contributed by atoms with E-state index in [1.807, 2.05) is 50.2 Å². The van der Waals surface area contributed by atoms with Gasteiger partial charge in [-0.3, -0.25) is 13.9 Å². The molecule has 0 spiro atoms. The second-order valence-electron chi connectivity index (χ2n) is 10.8. The van der Waals surface area contributed by atoms with Crippen molar-refractivity contribution in [1.82, 2.24) is 10.2 Å². The fourth-order valence-electron chi connectivity index (χ4n) is 5.39. The number of hydrogen-bond donors (Lipinski definition) is 1. The number of anilines is 1. The lowest BCUT2D eigenvalue weighted by atomic mass is 9.95. The van der Waals surface area contributed by atoms with Crippen LogP contribution in [0.3, 0.4) is 0 Å². The lowest BCUT2D eigenvalue weighted by Crippen LogP contribution is -2.54. The maximum Gasteiger partial charge on any atom is 0.264 e. The molecule has 3 aromatic rings. The molecular formula is C33H41N3O5S. The Morgan fingerprint density at radius 2 is 1.64 bits per heavy atom. The van der Waals surface area contributed by atoms with Crippen LogP contribution < -0.4 is 14.4 Å².